The molecule has 0 aromatic heterocycles. The van der Waals surface area contributed by atoms with Crippen molar-refractivity contribution in [3.63, 3.8) is 0 Å². The summed E-state index contributed by atoms with van der Waals surface area (Å²) in [7, 11) is -3.47. The average molecular weight is 319 g/mol. The smallest absolute Gasteiger partial charge is 0.239 e. The van der Waals surface area contributed by atoms with Crippen molar-refractivity contribution in [2.24, 2.45) is 5.92 Å². The van der Waals surface area contributed by atoms with Crippen LogP contribution in [0.3, 0.4) is 0 Å². The van der Waals surface area contributed by atoms with Gasteiger partial charge in [0, 0.05) is 26.2 Å². The van der Waals surface area contributed by atoms with Crippen LogP contribution in [0.4, 0.5) is 0 Å². The van der Waals surface area contributed by atoms with Gasteiger partial charge in [0.25, 0.3) is 0 Å². The molecule has 0 spiro atoms. The summed E-state index contributed by atoms with van der Waals surface area (Å²) in [6.07, 6.45) is 1.90. The molecular formula is C14H29N3O3S. The van der Waals surface area contributed by atoms with Gasteiger partial charge in [-0.3, -0.25) is 4.79 Å². The van der Waals surface area contributed by atoms with Crippen LogP contribution in [0.25, 0.3) is 0 Å². The Labute approximate surface area is 128 Å². The Balaban J connectivity index is 2.47. The zero-order chi connectivity index (χ0) is 15.9. The van der Waals surface area contributed by atoms with E-state index in [1.54, 1.807) is 18.7 Å². The first-order valence-corrected chi connectivity index (χ1v) is 9.51. The molecular weight excluding hydrogens is 290 g/mol. The lowest BCUT2D eigenvalue weighted by molar-refractivity contribution is -0.129. The van der Waals surface area contributed by atoms with Crippen molar-refractivity contribution in [3.8, 4) is 0 Å². The quantitative estimate of drug-likeness (QED) is 0.707. The molecule has 1 rings (SSSR count). The lowest BCUT2D eigenvalue weighted by atomic mass is 9.97. The van der Waals surface area contributed by atoms with E-state index in [2.05, 4.69) is 12.2 Å². The molecule has 7 heteroatoms. The van der Waals surface area contributed by atoms with Crippen LogP contribution in [0.2, 0.25) is 0 Å². The molecule has 0 saturated carbocycles. The monoisotopic (exact) mass is 319 g/mol. The van der Waals surface area contributed by atoms with E-state index in [1.807, 2.05) is 0 Å². The molecule has 1 amide bonds. The van der Waals surface area contributed by atoms with Crippen molar-refractivity contribution in [1.29, 1.82) is 0 Å². The van der Waals surface area contributed by atoms with Crippen LogP contribution in [-0.2, 0) is 14.8 Å². The number of hydrogen-bond acceptors (Lipinski definition) is 4. The molecule has 1 aliphatic heterocycles. The maximum absolute atomic E-state index is 12.2. The van der Waals surface area contributed by atoms with Crippen LogP contribution in [0.5, 0.6) is 0 Å². The predicted molar refractivity (Wildman–Crippen MR) is 84.6 cm³/mol. The van der Waals surface area contributed by atoms with Gasteiger partial charge in [-0.05, 0) is 31.8 Å². The zero-order valence-corrected chi connectivity index (χ0v) is 14.3. The summed E-state index contributed by atoms with van der Waals surface area (Å²) in [6, 6.07) is 0. The third kappa shape index (κ3) is 5.56. The standard InChI is InChI=1S/C14H29N3O3S/c1-4-15-11-13-7-9-16(10-8-13)14(18)12-21(19,20)17(5-2)6-3/h13,15H,4-12H2,1-3H3. The van der Waals surface area contributed by atoms with Gasteiger partial charge in [-0.1, -0.05) is 20.8 Å². The number of nitrogens with one attached hydrogen (secondary N) is 1. The number of carbonyl (C=O) groups excluding carboxylic acids is 1. The van der Waals surface area contributed by atoms with E-state index in [0.29, 0.717) is 32.1 Å². The van der Waals surface area contributed by atoms with Crippen LogP contribution in [0, 0.1) is 5.92 Å². The lowest BCUT2D eigenvalue weighted by Gasteiger charge is -2.32. The Morgan fingerprint density at radius 2 is 1.76 bits per heavy atom. The van der Waals surface area contributed by atoms with E-state index < -0.39 is 15.8 Å². The molecule has 0 aromatic rings. The highest BCUT2D eigenvalue weighted by molar-refractivity contribution is 7.89. The summed E-state index contributed by atoms with van der Waals surface area (Å²) in [5.74, 6) is -0.0655. The maximum atomic E-state index is 12.2. The molecule has 1 fully saturated rings. The van der Waals surface area contributed by atoms with Gasteiger partial charge in [0.05, 0.1) is 0 Å². The Kier molecular flexibility index (Phi) is 7.62. The molecule has 0 bridgehead atoms. The van der Waals surface area contributed by atoms with Crippen LogP contribution >= 0.6 is 0 Å². The summed E-state index contributed by atoms with van der Waals surface area (Å²) in [4.78, 5) is 13.9. The van der Waals surface area contributed by atoms with Gasteiger partial charge in [-0.25, -0.2) is 12.7 Å². The largest absolute Gasteiger partial charge is 0.342 e. The number of hydrogen-bond donors (Lipinski definition) is 1. The molecule has 0 unspecified atom stereocenters. The first-order valence-electron chi connectivity index (χ1n) is 7.90. The van der Waals surface area contributed by atoms with Crippen molar-refractivity contribution >= 4 is 15.9 Å². The van der Waals surface area contributed by atoms with Crippen LogP contribution < -0.4 is 5.32 Å². The maximum Gasteiger partial charge on any atom is 0.239 e. The van der Waals surface area contributed by atoms with E-state index >= 15 is 0 Å². The molecule has 1 heterocycles. The van der Waals surface area contributed by atoms with E-state index in [1.165, 1.54) is 4.31 Å². The van der Waals surface area contributed by atoms with Gasteiger partial charge in [0.2, 0.25) is 15.9 Å². The Hall–Kier alpha value is -0.660. The number of nitrogens with zero attached hydrogens (tertiary/aromatic N) is 2. The topological polar surface area (TPSA) is 69.7 Å². The van der Waals surface area contributed by atoms with E-state index in [4.69, 9.17) is 0 Å². The molecule has 1 N–H and O–H groups in total. The fourth-order valence-electron chi connectivity index (χ4n) is 2.69. The number of piperidine rings is 1. The van der Waals surface area contributed by atoms with E-state index in [9.17, 15) is 13.2 Å². The van der Waals surface area contributed by atoms with Crippen LogP contribution in [-0.4, -0.2) is 68.6 Å². The minimum absolute atomic E-state index is 0.260. The third-order valence-electron chi connectivity index (χ3n) is 4.05. The lowest BCUT2D eigenvalue weighted by Crippen LogP contribution is -2.45. The second-order valence-corrected chi connectivity index (χ2v) is 7.44. The summed E-state index contributed by atoms with van der Waals surface area (Å²) >= 11 is 0. The van der Waals surface area contributed by atoms with Crippen molar-refractivity contribution in [2.75, 3.05) is 45.0 Å². The minimum atomic E-state index is -3.47. The minimum Gasteiger partial charge on any atom is -0.342 e. The molecule has 21 heavy (non-hydrogen) atoms. The fourth-order valence-corrected chi connectivity index (χ4v) is 4.15. The molecule has 0 radical (unpaired) electrons. The van der Waals surface area contributed by atoms with Crippen molar-refractivity contribution < 1.29 is 13.2 Å². The molecule has 6 nitrogen and oxygen atoms in total. The van der Waals surface area contributed by atoms with Crippen molar-refractivity contribution in [2.45, 2.75) is 33.6 Å². The highest BCUT2D eigenvalue weighted by Crippen LogP contribution is 2.17. The molecule has 0 aliphatic carbocycles. The van der Waals surface area contributed by atoms with Crippen LogP contribution in [0.1, 0.15) is 33.6 Å². The van der Waals surface area contributed by atoms with Gasteiger partial charge in [0.15, 0.2) is 0 Å². The van der Waals surface area contributed by atoms with E-state index in [-0.39, 0.29) is 5.91 Å². The molecule has 1 saturated heterocycles. The van der Waals surface area contributed by atoms with Gasteiger partial charge in [0.1, 0.15) is 5.75 Å². The van der Waals surface area contributed by atoms with Gasteiger partial charge in [-0.15, -0.1) is 0 Å². The SMILES string of the molecule is CCNCC1CCN(C(=O)CS(=O)(=O)N(CC)CC)CC1. The highest BCUT2D eigenvalue weighted by atomic mass is 32.2. The number of rotatable bonds is 8. The number of sulfonamides is 1. The molecule has 1 aliphatic rings. The molecule has 0 aromatic carbocycles. The zero-order valence-electron chi connectivity index (χ0n) is 13.5. The van der Waals surface area contributed by atoms with Crippen molar-refractivity contribution in [1.82, 2.24) is 14.5 Å². The fraction of sp³-hybridized carbons (Fsp3) is 0.929. The third-order valence-corrected chi connectivity index (χ3v) is 5.97. The second-order valence-electron chi connectivity index (χ2n) is 5.47. The number of likely N-dealkylation sites (tertiary alicyclic amines) is 1. The molecule has 0 atom stereocenters. The van der Waals surface area contributed by atoms with E-state index in [0.717, 1.165) is 25.9 Å². The summed E-state index contributed by atoms with van der Waals surface area (Å²) in [5, 5.41) is 3.32. The summed E-state index contributed by atoms with van der Waals surface area (Å²) < 4.78 is 25.6. The highest BCUT2D eigenvalue weighted by Gasteiger charge is 2.28. The van der Waals surface area contributed by atoms with Gasteiger partial charge in [-0.2, -0.15) is 0 Å². The second kappa shape index (κ2) is 8.70. The summed E-state index contributed by atoms with van der Waals surface area (Å²) in [5.41, 5.74) is 0. The normalized spacial score (nSPS) is 17.4. The first kappa shape index (κ1) is 18.4. The summed E-state index contributed by atoms with van der Waals surface area (Å²) in [6.45, 7) is 9.77. The number of amides is 1. The first-order chi connectivity index (χ1) is 9.94. The number of carbonyl (C=O) groups is 1. The van der Waals surface area contributed by atoms with Gasteiger partial charge >= 0.3 is 0 Å². The molecule has 124 valence electrons. The van der Waals surface area contributed by atoms with Crippen molar-refractivity contribution in [3.05, 3.63) is 0 Å². The Morgan fingerprint density at radius 1 is 1.19 bits per heavy atom. The van der Waals surface area contributed by atoms with Gasteiger partial charge < -0.3 is 10.2 Å². The Morgan fingerprint density at radius 3 is 2.24 bits per heavy atom. The average Bonchev–Trinajstić information content (AvgIpc) is 2.46. The van der Waals surface area contributed by atoms with Crippen LogP contribution in [0.15, 0.2) is 0 Å². The Bertz CT molecular complexity index is 413. The predicted octanol–water partition coefficient (Wildman–Crippen LogP) is 0.506.